The zero-order valence-corrected chi connectivity index (χ0v) is 12.2. The lowest BCUT2D eigenvalue weighted by Gasteiger charge is -2.14. The van der Waals surface area contributed by atoms with Crippen molar-refractivity contribution in [2.24, 2.45) is 22.6 Å². The number of hydrogen-bond acceptors (Lipinski definition) is 3. The van der Waals surface area contributed by atoms with E-state index in [0.717, 1.165) is 6.42 Å². The molecule has 1 saturated heterocycles. The Morgan fingerprint density at radius 1 is 1.56 bits per heavy atom. The maximum absolute atomic E-state index is 11.4. The van der Waals surface area contributed by atoms with Gasteiger partial charge in [-0.25, -0.2) is 12.7 Å². The molecule has 1 aliphatic rings. The van der Waals surface area contributed by atoms with Crippen molar-refractivity contribution in [2.45, 2.75) is 20.3 Å². The van der Waals surface area contributed by atoms with Crippen molar-refractivity contribution in [1.82, 2.24) is 9.62 Å². The minimum Gasteiger partial charge on any atom is -0.370 e. The summed E-state index contributed by atoms with van der Waals surface area (Å²) in [6.07, 6.45) is 2.12. The number of nitrogens with two attached hydrogens (primary N) is 1. The molecule has 0 amide bonds. The van der Waals surface area contributed by atoms with Crippen molar-refractivity contribution in [3.63, 3.8) is 0 Å². The molecule has 6 nitrogen and oxygen atoms in total. The number of nitrogens with one attached hydrogen (secondary N) is 1. The van der Waals surface area contributed by atoms with Gasteiger partial charge >= 0.3 is 0 Å². The molecule has 1 rings (SSSR count). The molecule has 1 fully saturated rings. The number of rotatable bonds is 5. The molecule has 0 aromatic heterocycles. The smallest absolute Gasteiger partial charge is 0.211 e. The highest BCUT2D eigenvalue weighted by atomic mass is 32.2. The number of guanidine groups is 1. The molecule has 0 spiro atoms. The summed E-state index contributed by atoms with van der Waals surface area (Å²) in [7, 11) is -3.05. The minimum absolute atomic E-state index is 0.313. The van der Waals surface area contributed by atoms with E-state index >= 15 is 0 Å². The first-order valence-corrected chi connectivity index (χ1v) is 8.12. The Hall–Kier alpha value is -0.820. The molecular weight excluding hydrogens is 252 g/mol. The normalized spacial score (nSPS) is 22.7. The van der Waals surface area contributed by atoms with Gasteiger partial charge in [0.15, 0.2) is 5.96 Å². The lowest BCUT2D eigenvalue weighted by Crippen LogP contribution is -2.37. The lowest BCUT2D eigenvalue weighted by atomic mass is 10.1. The first kappa shape index (κ1) is 15.2. The summed E-state index contributed by atoms with van der Waals surface area (Å²) in [5, 5.41) is 3.06. The molecule has 1 unspecified atom stereocenters. The van der Waals surface area contributed by atoms with Crippen LogP contribution in [0.4, 0.5) is 0 Å². The SMILES string of the molecule is CC(C)CN=C(N)NCC1CCN(S(C)(=O)=O)C1. The van der Waals surface area contributed by atoms with E-state index in [0.29, 0.717) is 44.0 Å². The van der Waals surface area contributed by atoms with Crippen molar-refractivity contribution in [1.29, 1.82) is 0 Å². The third-order valence-corrected chi connectivity index (χ3v) is 4.19. The molecule has 0 bridgehead atoms. The van der Waals surface area contributed by atoms with Crippen molar-refractivity contribution >= 4 is 16.0 Å². The highest BCUT2D eigenvalue weighted by Crippen LogP contribution is 2.17. The van der Waals surface area contributed by atoms with Crippen LogP contribution in [0.5, 0.6) is 0 Å². The second-order valence-electron chi connectivity index (χ2n) is 5.28. The zero-order valence-electron chi connectivity index (χ0n) is 11.4. The van der Waals surface area contributed by atoms with Crippen LogP contribution in [0, 0.1) is 11.8 Å². The van der Waals surface area contributed by atoms with Gasteiger partial charge in [-0.15, -0.1) is 0 Å². The number of sulfonamides is 1. The lowest BCUT2D eigenvalue weighted by molar-refractivity contribution is 0.459. The zero-order chi connectivity index (χ0) is 13.8. The Kier molecular flexibility index (Phi) is 5.40. The Morgan fingerprint density at radius 3 is 2.72 bits per heavy atom. The number of hydrogen-bond donors (Lipinski definition) is 2. The molecule has 1 aliphatic heterocycles. The van der Waals surface area contributed by atoms with Crippen molar-refractivity contribution in [3.8, 4) is 0 Å². The average Bonchev–Trinajstić information content (AvgIpc) is 2.71. The fourth-order valence-corrected chi connectivity index (χ4v) is 2.77. The van der Waals surface area contributed by atoms with Gasteiger partial charge in [0.05, 0.1) is 6.26 Å². The van der Waals surface area contributed by atoms with Crippen LogP contribution < -0.4 is 11.1 Å². The van der Waals surface area contributed by atoms with E-state index in [-0.39, 0.29) is 0 Å². The van der Waals surface area contributed by atoms with Gasteiger partial charge in [0.25, 0.3) is 0 Å². The predicted octanol–water partition coefficient (Wildman–Crippen LogP) is -0.172. The highest BCUT2D eigenvalue weighted by molar-refractivity contribution is 7.88. The minimum atomic E-state index is -3.05. The Bertz CT molecular complexity index is 392. The fourth-order valence-electron chi connectivity index (χ4n) is 1.85. The molecule has 3 N–H and O–H groups in total. The van der Waals surface area contributed by atoms with Crippen molar-refractivity contribution in [3.05, 3.63) is 0 Å². The van der Waals surface area contributed by atoms with Gasteiger partial charge in [0.2, 0.25) is 10.0 Å². The summed E-state index contributed by atoms with van der Waals surface area (Å²) in [5.41, 5.74) is 5.73. The molecule has 1 atom stereocenters. The first-order valence-electron chi connectivity index (χ1n) is 6.28. The first-order chi connectivity index (χ1) is 8.29. The van der Waals surface area contributed by atoms with Gasteiger partial charge in [-0.1, -0.05) is 13.8 Å². The summed E-state index contributed by atoms with van der Waals surface area (Å²) < 4.78 is 24.2. The fraction of sp³-hybridized carbons (Fsp3) is 0.909. The molecule has 7 heteroatoms. The maximum Gasteiger partial charge on any atom is 0.211 e. The monoisotopic (exact) mass is 276 g/mol. The molecule has 0 aliphatic carbocycles. The second kappa shape index (κ2) is 6.38. The van der Waals surface area contributed by atoms with Gasteiger partial charge in [-0.2, -0.15) is 0 Å². The van der Waals surface area contributed by atoms with Crippen LogP contribution >= 0.6 is 0 Å². The van der Waals surface area contributed by atoms with Crippen LogP contribution in [0.15, 0.2) is 4.99 Å². The van der Waals surface area contributed by atoms with Gasteiger partial charge in [0, 0.05) is 26.2 Å². The average molecular weight is 276 g/mol. The van der Waals surface area contributed by atoms with Gasteiger partial charge in [-0.05, 0) is 18.3 Å². The highest BCUT2D eigenvalue weighted by Gasteiger charge is 2.28. The van der Waals surface area contributed by atoms with E-state index in [9.17, 15) is 8.42 Å². The van der Waals surface area contributed by atoms with E-state index < -0.39 is 10.0 Å². The summed E-state index contributed by atoms with van der Waals surface area (Å²) in [6, 6.07) is 0. The maximum atomic E-state index is 11.4. The summed E-state index contributed by atoms with van der Waals surface area (Å²) in [6.45, 7) is 6.73. The summed E-state index contributed by atoms with van der Waals surface area (Å²) in [4.78, 5) is 4.20. The standard InChI is InChI=1S/C11H24N4O2S/c1-9(2)6-13-11(12)14-7-10-4-5-15(8-10)18(3,16)17/h9-10H,4-8H2,1-3H3,(H3,12,13,14). The number of aliphatic imine (C=N–C) groups is 1. The molecular formula is C11H24N4O2S. The largest absolute Gasteiger partial charge is 0.370 e. The van der Waals surface area contributed by atoms with Gasteiger partial charge in [0.1, 0.15) is 0 Å². The Labute approximate surface area is 110 Å². The molecule has 0 radical (unpaired) electrons. The molecule has 18 heavy (non-hydrogen) atoms. The van der Waals surface area contributed by atoms with Crippen LogP contribution in [0.1, 0.15) is 20.3 Å². The topological polar surface area (TPSA) is 87.8 Å². The van der Waals surface area contributed by atoms with Crippen LogP contribution in [-0.2, 0) is 10.0 Å². The van der Waals surface area contributed by atoms with E-state index in [1.54, 1.807) is 0 Å². The predicted molar refractivity (Wildman–Crippen MR) is 73.9 cm³/mol. The van der Waals surface area contributed by atoms with Crippen LogP contribution in [0.2, 0.25) is 0 Å². The number of nitrogens with zero attached hydrogens (tertiary/aromatic N) is 2. The molecule has 0 saturated carbocycles. The van der Waals surface area contributed by atoms with E-state index in [1.165, 1.54) is 10.6 Å². The Balaban J connectivity index is 2.32. The third-order valence-electron chi connectivity index (χ3n) is 2.92. The van der Waals surface area contributed by atoms with Crippen molar-refractivity contribution in [2.75, 3.05) is 32.4 Å². The van der Waals surface area contributed by atoms with Crippen LogP contribution in [0.3, 0.4) is 0 Å². The summed E-state index contributed by atoms with van der Waals surface area (Å²) in [5.74, 6) is 1.24. The van der Waals surface area contributed by atoms with Gasteiger partial charge < -0.3 is 11.1 Å². The molecule has 1 heterocycles. The van der Waals surface area contributed by atoms with Gasteiger partial charge in [-0.3, -0.25) is 4.99 Å². The van der Waals surface area contributed by atoms with Crippen LogP contribution in [-0.4, -0.2) is 51.1 Å². The molecule has 0 aromatic rings. The summed E-state index contributed by atoms with van der Waals surface area (Å²) >= 11 is 0. The van der Waals surface area contributed by atoms with E-state index in [2.05, 4.69) is 24.2 Å². The quantitative estimate of drug-likeness (QED) is 0.539. The van der Waals surface area contributed by atoms with Crippen LogP contribution in [0.25, 0.3) is 0 Å². The molecule has 0 aromatic carbocycles. The van der Waals surface area contributed by atoms with Crippen molar-refractivity contribution < 1.29 is 8.42 Å². The second-order valence-corrected chi connectivity index (χ2v) is 7.26. The molecule has 106 valence electrons. The third kappa shape index (κ3) is 5.22. The Morgan fingerprint density at radius 2 is 2.22 bits per heavy atom. The van der Waals surface area contributed by atoms with E-state index in [1.807, 2.05) is 0 Å². The van der Waals surface area contributed by atoms with E-state index in [4.69, 9.17) is 5.73 Å².